The number of benzene rings is 1. The third-order valence-electron chi connectivity index (χ3n) is 3.05. The lowest BCUT2D eigenvalue weighted by molar-refractivity contribution is 0.0272. The van der Waals surface area contributed by atoms with E-state index in [0.717, 1.165) is 11.1 Å². The average Bonchev–Trinajstić information content (AvgIpc) is 2.33. The van der Waals surface area contributed by atoms with Gasteiger partial charge in [0.15, 0.2) is 0 Å². The minimum Gasteiger partial charge on any atom is -0.379 e. The molecule has 0 amide bonds. The average molecular weight is 270 g/mol. The molecule has 0 aromatic heterocycles. The first kappa shape index (κ1) is 13.5. The van der Waals surface area contributed by atoms with E-state index in [1.165, 1.54) is 0 Å². The Morgan fingerprint density at radius 1 is 1.17 bits per heavy atom. The molecule has 1 aliphatic rings. The monoisotopic (exact) mass is 270 g/mol. The number of hydrazine groups is 1. The van der Waals surface area contributed by atoms with Crippen molar-refractivity contribution in [2.24, 2.45) is 0 Å². The molecule has 0 aliphatic carbocycles. The number of nitrogens with zero attached hydrogens (tertiary/aromatic N) is 1. The zero-order valence-electron chi connectivity index (χ0n) is 10.6. The van der Waals surface area contributed by atoms with Crippen molar-refractivity contribution < 1.29 is 13.2 Å². The summed E-state index contributed by atoms with van der Waals surface area (Å²) >= 11 is 0. The van der Waals surface area contributed by atoms with Crippen molar-refractivity contribution in [3.8, 4) is 0 Å². The Labute approximate surface area is 108 Å². The van der Waals surface area contributed by atoms with Crippen LogP contribution in [-0.4, -0.2) is 39.7 Å². The summed E-state index contributed by atoms with van der Waals surface area (Å²) in [7, 11) is -3.48. The summed E-state index contributed by atoms with van der Waals surface area (Å²) < 4.78 is 29.5. The molecule has 1 heterocycles. The van der Waals surface area contributed by atoms with E-state index >= 15 is 0 Å². The Kier molecular flexibility index (Phi) is 4.01. The van der Waals surface area contributed by atoms with Gasteiger partial charge >= 0.3 is 0 Å². The normalized spacial score (nSPS) is 17.9. The minimum absolute atomic E-state index is 0.303. The van der Waals surface area contributed by atoms with Crippen molar-refractivity contribution in [1.82, 2.24) is 9.84 Å². The van der Waals surface area contributed by atoms with Crippen LogP contribution >= 0.6 is 0 Å². The number of nitrogens with one attached hydrogen (secondary N) is 1. The predicted octanol–water partition coefficient (Wildman–Crippen LogP) is 0.829. The molecule has 2 rings (SSSR count). The Morgan fingerprint density at radius 3 is 2.44 bits per heavy atom. The second-order valence-electron chi connectivity index (χ2n) is 4.44. The highest BCUT2D eigenvalue weighted by Gasteiger charge is 2.20. The summed E-state index contributed by atoms with van der Waals surface area (Å²) in [5.41, 5.74) is 2.06. The highest BCUT2D eigenvalue weighted by atomic mass is 32.2. The van der Waals surface area contributed by atoms with Gasteiger partial charge in [-0.15, -0.1) is 4.83 Å². The number of rotatable bonds is 3. The van der Waals surface area contributed by atoms with Crippen LogP contribution in [0.5, 0.6) is 0 Å². The molecule has 6 heteroatoms. The van der Waals surface area contributed by atoms with Gasteiger partial charge in [0, 0.05) is 13.1 Å². The van der Waals surface area contributed by atoms with Crippen molar-refractivity contribution in [3.63, 3.8) is 0 Å². The smallest absolute Gasteiger partial charge is 0.253 e. The van der Waals surface area contributed by atoms with E-state index in [1.54, 1.807) is 17.1 Å². The highest BCUT2D eigenvalue weighted by Crippen LogP contribution is 2.15. The number of morpholine rings is 1. The molecule has 1 aliphatic heterocycles. The number of aryl methyl sites for hydroxylation is 2. The SMILES string of the molecule is Cc1ccc(S(=O)(=O)NN2CCOCC2)cc1C. The van der Waals surface area contributed by atoms with Gasteiger partial charge in [-0.3, -0.25) is 0 Å². The Morgan fingerprint density at radius 2 is 1.83 bits per heavy atom. The van der Waals surface area contributed by atoms with E-state index in [0.29, 0.717) is 31.2 Å². The fraction of sp³-hybridized carbons (Fsp3) is 0.500. The van der Waals surface area contributed by atoms with Crippen LogP contribution in [0.1, 0.15) is 11.1 Å². The molecule has 0 bridgehead atoms. The molecular weight excluding hydrogens is 252 g/mol. The van der Waals surface area contributed by atoms with Gasteiger partial charge in [-0.05, 0) is 37.1 Å². The summed E-state index contributed by atoms with van der Waals surface area (Å²) in [6.45, 7) is 6.11. The number of ether oxygens (including phenoxy) is 1. The van der Waals surface area contributed by atoms with E-state index in [1.807, 2.05) is 19.9 Å². The van der Waals surface area contributed by atoms with E-state index in [2.05, 4.69) is 4.83 Å². The zero-order chi connectivity index (χ0) is 13.2. The maximum atomic E-state index is 12.2. The molecule has 0 radical (unpaired) electrons. The van der Waals surface area contributed by atoms with Gasteiger partial charge in [0.1, 0.15) is 0 Å². The van der Waals surface area contributed by atoms with E-state index in [-0.39, 0.29) is 0 Å². The topological polar surface area (TPSA) is 58.6 Å². The van der Waals surface area contributed by atoms with Crippen molar-refractivity contribution >= 4 is 10.0 Å². The van der Waals surface area contributed by atoms with Gasteiger partial charge in [-0.1, -0.05) is 6.07 Å². The maximum Gasteiger partial charge on any atom is 0.253 e. The molecule has 0 spiro atoms. The quantitative estimate of drug-likeness (QED) is 0.884. The van der Waals surface area contributed by atoms with Crippen LogP contribution in [0.25, 0.3) is 0 Å². The van der Waals surface area contributed by atoms with Gasteiger partial charge in [-0.25, -0.2) is 13.4 Å². The molecule has 0 unspecified atom stereocenters. The molecule has 1 aromatic rings. The Balaban J connectivity index is 2.16. The van der Waals surface area contributed by atoms with Gasteiger partial charge in [0.25, 0.3) is 10.0 Å². The van der Waals surface area contributed by atoms with E-state index in [4.69, 9.17) is 4.74 Å². The molecule has 5 nitrogen and oxygen atoms in total. The number of sulfonamides is 1. The van der Waals surface area contributed by atoms with Gasteiger partial charge in [-0.2, -0.15) is 0 Å². The predicted molar refractivity (Wildman–Crippen MR) is 68.6 cm³/mol. The van der Waals surface area contributed by atoms with Gasteiger partial charge in [0.05, 0.1) is 18.1 Å². The highest BCUT2D eigenvalue weighted by molar-refractivity contribution is 7.89. The van der Waals surface area contributed by atoms with Gasteiger partial charge in [0.2, 0.25) is 0 Å². The lowest BCUT2D eigenvalue weighted by atomic mass is 10.1. The van der Waals surface area contributed by atoms with Crippen LogP contribution in [0, 0.1) is 13.8 Å². The molecule has 18 heavy (non-hydrogen) atoms. The first-order chi connectivity index (χ1) is 8.49. The second kappa shape index (κ2) is 5.36. The summed E-state index contributed by atoms with van der Waals surface area (Å²) in [4.78, 5) is 2.89. The largest absolute Gasteiger partial charge is 0.379 e. The fourth-order valence-corrected chi connectivity index (χ4v) is 2.97. The molecule has 1 fully saturated rings. The Hall–Kier alpha value is -0.950. The fourth-order valence-electron chi connectivity index (χ4n) is 1.76. The number of hydrogen-bond donors (Lipinski definition) is 1. The summed E-state index contributed by atoms with van der Waals surface area (Å²) in [6.07, 6.45) is 0. The molecular formula is C12H18N2O3S. The molecule has 0 atom stereocenters. The summed E-state index contributed by atoms with van der Waals surface area (Å²) in [6, 6.07) is 5.15. The molecule has 1 aromatic carbocycles. The summed E-state index contributed by atoms with van der Waals surface area (Å²) in [5.74, 6) is 0. The standard InChI is InChI=1S/C12H18N2O3S/c1-10-3-4-12(9-11(10)2)18(15,16)13-14-5-7-17-8-6-14/h3-4,9,13H,5-8H2,1-2H3. The first-order valence-electron chi connectivity index (χ1n) is 5.91. The van der Waals surface area contributed by atoms with Crippen LogP contribution in [0.15, 0.2) is 23.1 Å². The van der Waals surface area contributed by atoms with Crippen LogP contribution in [-0.2, 0) is 14.8 Å². The van der Waals surface area contributed by atoms with Crippen molar-refractivity contribution in [2.45, 2.75) is 18.7 Å². The van der Waals surface area contributed by atoms with Crippen LogP contribution in [0.3, 0.4) is 0 Å². The van der Waals surface area contributed by atoms with Gasteiger partial charge < -0.3 is 4.74 Å². The third kappa shape index (κ3) is 3.08. The van der Waals surface area contributed by atoms with Crippen LogP contribution in [0.4, 0.5) is 0 Å². The van der Waals surface area contributed by atoms with E-state index in [9.17, 15) is 8.42 Å². The Bertz CT molecular complexity index is 522. The van der Waals surface area contributed by atoms with Crippen LogP contribution in [0.2, 0.25) is 0 Å². The maximum absolute atomic E-state index is 12.2. The van der Waals surface area contributed by atoms with Crippen LogP contribution < -0.4 is 4.83 Å². The van der Waals surface area contributed by atoms with E-state index < -0.39 is 10.0 Å². The van der Waals surface area contributed by atoms with Crippen molar-refractivity contribution in [1.29, 1.82) is 0 Å². The molecule has 1 saturated heterocycles. The molecule has 0 saturated carbocycles. The lowest BCUT2D eigenvalue weighted by Crippen LogP contribution is -2.48. The minimum atomic E-state index is -3.48. The molecule has 100 valence electrons. The zero-order valence-corrected chi connectivity index (χ0v) is 11.5. The van der Waals surface area contributed by atoms with Crippen molar-refractivity contribution in [3.05, 3.63) is 29.3 Å². The molecule has 1 N–H and O–H groups in total. The second-order valence-corrected chi connectivity index (χ2v) is 6.10. The lowest BCUT2D eigenvalue weighted by Gasteiger charge is -2.26. The number of hydrogen-bond acceptors (Lipinski definition) is 4. The van der Waals surface area contributed by atoms with Crippen molar-refractivity contribution in [2.75, 3.05) is 26.3 Å². The first-order valence-corrected chi connectivity index (χ1v) is 7.40. The summed E-state index contributed by atoms with van der Waals surface area (Å²) in [5, 5.41) is 1.67. The third-order valence-corrected chi connectivity index (χ3v) is 4.42.